The van der Waals surface area contributed by atoms with Crippen LogP contribution in [0.1, 0.15) is 4.88 Å². The maximum atomic E-state index is 4.60. The zero-order chi connectivity index (χ0) is 8.23. The van der Waals surface area contributed by atoms with Crippen LogP contribution in [0.2, 0.25) is 0 Å². The number of rotatable bonds is 1. The van der Waals surface area contributed by atoms with Gasteiger partial charge in [-0.2, -0.15) is 9.84 Å². The fraction of sp³-hybridized carbons (Fsp3) is 0. The molecule has 6 nitrogen and oxygen atoms in total. The van der Waals surface area contributed by atoms with Crippen molar-refractivity contribution >= 4 is 29.3 Å². The maximum Gasteiger partial charge on any atom is 0.118 e. The lowest BCUT2D eigenvalue weighted by molar-refractivity contribution is 0.0305. The van der Waals surface area contributed by atoms with Crippen LogP contribution in [-0.4, -0.2) is 5.16 Å². The molecule has 12 heavy (non-hydrogen) atoms. The van der Waals surface area contributed by atoms with Gasteiger partial charge in [0.25, 0.3) is 0 Å². The largest absolute Gasteiger partial charge is 0.229 e. The molecule has 0 saturated carbocycles. The molecule has 0 aromatic carbocycles. The first-order chi connectivity index (χ1) is 5.97. The van der Waals surface area contributed by atoms with E-state index in [0.717, 1.165) is 22.2 Å². The fourth-order valence-corrected chi connectivity index (χ4v) is 1.53. The summed E-state index contributed by atoms with van der Waals surface area (Å²) in [4.78, 5) is 3.44. The van der Waals surface area contributed by atoms with Crippen molar-refractivity contribution in [3.8, 4) is 0 Å². The van der Waals surface area contributed by atoms with Crippen LogP contribution >= 0.6 is 23.6 Å². The molecule has 8 heteroatoms. The second-order valence-corrected chi connectivity index (χ2v) is 3.17. The van der Waals surface area contributed by atoms with Gasteiger partial charge < -0.3 is 0 Å². The highest BCUT2D eigenvalue weighted by Crippen LogP contribution is 2.23. The molecule has 1 aromatic heterocycles. The van der Waals surface area contributed by atoms with Crippen LogP contribution in [0.5, 0.6) is 0 Å². The van der Waals surface area contributed by atoms with Crippen LogP contribution in [0.3, 0.4) is 0 Å². The van der Waals surface area contributed by atoms with Crippen LogP contribution < -0.4 is 4.83 Å². The van der Waals surface area contributed by atoms with Crippen LogP contribution in [0.4, 0.5) is 0 Å². The Balaban J connectivity index is 2.31. The van der Waals surface area contributed by atoms with E-state index in [1.165, 1.54) is 11.9 Å². The van der Waals surface area contributed by atoms with Gasteiger partial charge in [0.2, 0.25) is 0 Å². The lowest BCUT2D eigenvalue weighted by Crippen LogP contribution is -1.92. The monoisotopic (exact) mass is 204 g/mol. The molecule has 0 fully saturated rings. The van der Waals surface area contributed by atoms with Gasteiger partial charge in [-0.25, -0.2) is 8.84 Å². The molecule has 1 aliphatic heterocycles. The molecule has 0 unspecified atom stereocenters. The Bertz CT molecular complexity index is 327. The molecular formula is C4H4N4O2S2. The molecule has 1 aromatic rings. The molecule has 0 bridgehead atoms. The third-order valence-corrected chi connectivity index (χ3v) is 2.24. The van der Waals surface area contributed by atoms with Crippen LogP contribution in [0.25, 0.3) is 5.70 Å². The lowest BCUT2D eigenvalue weighted by atomic mass is 10.4. The Morgan fingerprint density at radius 2 is 2.50 bits per heavy atom. The Kier molecular flexibility index (Phi) is 2.19. The summed E-state index contributed by atoms with van der Waals surface area (Å²) in [5.41, 5.74) is 0.736. The van der Waals surface area contributed by atoms with E-state index < -0.39 is 0 Å². The second kappa shape index (κ2) is 3.50. The number of nitrogens with one attached hydrogen (secondary N) is 2. The summed E-state index contributed by atoms with van der Waals surface area (Å²) in [6.45, 7) is 0. The molecule has 0 aliphatic carbocycles. The zero-order valence-corrected chi connectivity index (χ0v) is 7.32. The van der Waals surface area contributed by atoms with Crippen molar-refractivity contribution in [3.63, 3.8) is 0 Å². The van der Waals surface area contributed by atoms with Crippen molar-refractivity contribution in [3.05, 3.63) is 16.5 Å². The summed E-state index contributed by atoms with van der Waals surface area (Å²) in [7, 11) is 0. The van der Waals surface area contributed by atoms with Gasteiger partial charge in [-0.05, 0) is 11.9 Å². The SMILES string of the molecule is C1=C(c2c[nH]oos2)N=NNS1. The van der Waals surface area contributed by atoms with E-state index >= 15 is 0 Å². The summed E-state index contributed by atoms with van der Waals surface area (Å²) < 4.78 is 9.01. The predicted molar refractivity (Wildman–Crippen MR) is 44.4 cm³/mol. The highest BCUT2D eigenvalue weighted by molar-refractivity contribution is 8.00. The van der Waals surface area contributed by atoms with Crippen LogP contribution in [0.15, 0.2) is 30.6 Å². The van der Waals surface area contributed by atoms with E-state index in [-0.39, 0.29) is 0 Å². The minimum atomic E-state index is 0.736. The van der Waals surface area contributed by atoms with Crippen molar-refractivity contribution < 1.29 is 8.69 Å². The number of aromatic amines is 1. The van der Waals surface area contributed by atoms with Gasteiger partial charge in [-0.3, -0.25) is 0 Å². The Labute approximate surface area is 75.3 Å². The topological polar surface area (TPSA) is 78.8 Å². The number of H-pyrrole nitrogens is 1. The number of aromatic nitrogens is 1. The van der Waals surface area contributed by atoms with E-state index in [9.17, 15) is 0 Å². The highest BCUT2D eigenvalue weighted by Gasteiger charge is 2.05. The summed E-state index contributed by atoms with van der Waals surface area (Å²) in [6.07, 6.45) is 1.64. The first kappa shape index (κ1) is 7.50. The van der Waals surface area contributed by atoms with Gasteiger partial charge in [0, 0.05) is 5.41 Å². The first-order valence-corrected chi connectivity index (χ1v) is 4.57. The molecule has 0 amide bonds. The standard InChI is InChI=1S/C4H4N4O2S2/c1-4(12-10-9-5-1)3-2-11-8-7-6-3/h1-2,5H,(H,6,8). The molecule has 2 N–H and O–H groups in total. The van der Waals surface area contributed by atoms with Crippen molar-refractivity contribution in [2.75, 3.05) is 0 Å². The van der Waals surface area contributed by atoms with Gasteiger partial charge in [0.15, 0.2) is 0 Å². The maximum absolute atomic E-state index is 4.60. The van der Waals surface area contributed by atoms with Crippen molar-refractivity contribution in [1.29, 1.82) is 0 Å². The number of hydrogen-bond acceptors (Lipinski definition) is 7. The summed E-state index contributed by atoms with van der Waals surface area (Å²) in [6, 6.07) is 0. The van der Waals surface area contributed by atoms with E-state index in [2.05, 4.69) is 29.0 Å². The molecule has 2 rings (SSSR count). The number of nitrogens with zero attached hydrogens (tertiary/aromatic N) is 2. The van der Waals surface area contributed by atoms with E-state index in [0.29, 0.717) is 0 Å². The van der Waals surface area contributed by atoms with Gasteiger partial charge in [-0.1, -0.05) is 5.22 Å². The molecular weight excluding hydrogens is 200 g/mol. The minimum Gasteiger partial charge on any atom is -0.229 e. The third-order valence-electron chi connectivity index (χ3n) is 1.07. The molecule has 0 spiro atoms. The lowest BCUT2D eigenvalue weighted by Gasteiger charge is -2.01. The van der Waals surface area contributed by atoms with Crippen LogP contribution in [-0.2, 0) is 0 Å². The molecule has 2 heterocycles. The zero-order valence-electron chi connectivity index (χ0n) is 5.68. The highest BCUT2D eigenvalue weighted by atomic mass is 32.2. The summed E-state index contributed by atoms with van der Waals surface area (Å²) in [5, 5.41) is 11.7. The molecule has 0 atom stereocenters. The van der Waals surface area contributed by atoms with Crippen molar-refractivity contribution in [2.45, 2.75) is 0 Å². The summed E-state index contributed by atoms with van der Waals surface area (Å²) >= 11 is 2.43. The Morgan fingerprint density at radius 1 is 1.50 bits per heavy atom. The van der Waals surface area contributed by atoms with E-state index in [4.69, 9.17) is 0 Å². The van der Waals surface area contributed by atoms with Crippen LogP contribution in [0, 0.1) is 0 Å². The average Bonchev–Trinajstić information content (AvgIpc) is 2.21. The normalized spacial score (nSPS) is 15.2. The van der Waals surface area contributed by atoms with Gasteiger partial charge in [-0.15, -0.1) is 5.11 Å². The quantitative estimate of drug-likeness (QED) is 0.543. The summed E-state index contributed by atoms with van der Waals surface area (Å²) in [5.74, 6) is 0. The second-order valence-electron chi connectivity index (χ2n) is 1.77. The molecule has 0 saturated heterocycles. The average molecular weight is 204 g/mol. The smallest absolute Gasteiger partial charge is 0.118 e. The van der Waals surface area contributed by atoms with E-state index in [1.54, 1.807) is 6.20 Å². The van der Waals surface area contributed by atoms with Crippen molar-refractivity contribution in [2.24, 2.45) is 10.3 Å². The Morgan fingerprint density at radius 3 is 3.17 bits per heavy atom. The Hall–Kier alpha value is -1.15. The fourth-order valence-electron chi connectivity index (χ4n) is 0.603. The minimum absolute atomic E-state index is 0.736. The van der Waals surface area contributed by atoms with Gasteiger partial charge in [0.05, 0.1) is 6.20 Å². The number of hydrogen-bond donors (Lipinski definition) is 2. The van der Waals surface area contributed by atoms with E-state index in [1.807, 2.05) is 5.41 Å². The predicted octanol–water partition coefficient (Wildman–Crippen LogP) is 2.30. The molecule has 0 radical (unpaired) electrons. The van der Waals surface area contributed by atoms with Gasteiger partial charge in [0.1, 0.15) is 22.2 Å². The van der Waals surface area contributed by atoms with Crippen molar-refractivity contribution in [1.82, 2.24) is 9.99 Å². The molecule has 64 valence electrons. The third kappa shape index (κ3) is 1.53. The van der Waals surface area contributed by atoms with Gasteiger partial charge >= 0.3 is 0 Å². The first-order valence-electron chi connectivity index (χ1n) is 2.94. The molecule has 1 aliphatic rings.